The molecule has 1 unspecified atom stereocenters. The molecular formula is C21H19Cl2F3N2O3. The van der Waals surface area contributed by atoms with E-state index in [2.05, 4.69) is 10.5 Å². The quantitative estimate of drug-likeness (QED) is 0.285. The largest absolute Gasteiger partial charge is 0.417 e. The van der Waals surface area contributed by atoms with Crippen molar-refractivity contribution in [1.82, 2.24) is 0 Å². The summed E-state index contributed by atoms with van der Waals surface area (Å²) in [6.07, 6.45) is -4.20. The second-order valence-electron chi connectivity index (χ2n) is 6.58. The van der Waals surface area contributed by atoms with E-state index in [4.69, 9.17) is 27.9 Å². The molecule has 0 aliphatic rings. The van der Waals surface area contributed by atoms with Crippen LogP contribution in [0, 0.1) is 0 Å². The van der Waals surface area contributed by atoms with Gasteiger partial charge in [0.2, 0.25) is 5.91 Å². The highest BCUT2D eigenvalue weighted by atomic mass is 35.5. The summed E-state index contributed by atoms with van der Waals surface area (Å²) in [5, 5.41) is 15.0. The Kier molecular flexibility index (Phi) is 8.50. The Labute approximate surface area is 187 Å². The zero-order valence-electron chi connectivity index (χ0n) is 16.5. The number of allylic oxidation sites excluding steroid dienone is 2. The van der Waals surface area contributed by atoms with Gasteiger partial charge in [-0.15, -0.1) is 0 Å². The van der Waals surface area contributed by atoms with Crippen molar-refractivity contribution in [3.63, 3.8) is 0 Å². The number of rotatable bonds is 7. The second-order valence-corrected chi connectivity index (χ2v) is 7.45. The summed E-state index contributed by atoms with van der Waals surface area (Å²) in [4.78, 5) is 11.9. The van der Waals surface area contributed by atoms with E-state index in [9.17, 15) is 23.2 Å². The molecule has 31 heavy (non-hydrogen) atoms. The molecule has 0 fully saturated rings. The molecule has 0 aliphatic heterocycles. The number of amides is 1. The lowest BCUT2D eigenvalue weighted by Crippen LogP contribution is -2.19. The Morgan fingerprint density at radius 1 is 1.16 bits per heavy atom. The number of methoxy groups -OCH3 is 1. The van der Waals surface area contributed by atoms with Gasteiger partial charge < -0.3 is 15.3 Å². The number of nitrogens with one attached hydrogen (secondary N) is 1. The summed E-state index contributed by atoms with van der Waals surface area (Å²) in [6, 6.07) is 9.32. The molecule has 0 saturated heterocycles. The minimum Gasteiger partial charge on any atom is -0.410 e. The SMILES string of the molecule is COC(C)CC(=O)Nc1ccc(C(/C=C(/c2cc(Cl)cc(Cl)c2)C(F)(F)F)=N\O)cc1. The van der Waals surface area contributed by atoms with Crippen molar-refractivity contribution in [2.75, 3.05) is 12.4 Å². The number of alkyl halides is 3. The molecule has 2 N–H and O–H groups in total. The molecule has 5 nitrogen and oxygen atoms in total. The van der Waals surface area contributed by atoms with Gasteiger partial charge in [0.15, 0.2) is 0 Å². The third kappa shape index (κ3) is 7.27. The van der Waals surface area contributed by atoms with Crippen LogP contribution < -0.4 is 5.32 Å². The second kappa shape index (κ2) is 10.7. The first-order valence-electron chi connectivity index (χ1n) is 8.94. The summed E-state index contributed by atoms with van der Waals surface area (Å²) >= 11 is 11.7. The van der Waals surface area contributed by atoms with Gasteiger partial charge in [-0.05, 0) is 48.9 Å². The lowest BCUT2D eigenvalue weighted by atomic mass is 10.0. The van der Waals surface area contributed by atoms with Gasteiger partial charge >= 0.3 is 6.18 Å². The zero-order valence-corrected chi connectivity index (χ0v) is 18.0. The third-order valence-electron chi connectivity index (χ3n) is 4.21. The summed E-state index contributed by atoms with van der Waals surface area (Å²) in [7, 11) is 1.49. The molecule has 10 heteroatoms. The molecule has 166 valence electrons. The lowest BCUT2D eigenvalue weighted by molar-refractivity contribution is -0.118. The number of benzene rings is 2. The Hall–Kier alpha value is -2.55. The summed E-state index contributed by atoms with van der Waals surface area (Å²) in [6.45, 7) is 1.74. The standard InChI is InChI=1S/C21H19Cl2F3N2O3/c1-12(31-2)7-20(29)27-17-5-3-13(4-6-17)19(28-30)11-18(21(24,25)26)14-8-15(22)10-16(23)9-14/h3-6,8-12,30H,7H2,1-2H3,(H,27,29)/b18-11-,28-19-. The van der Waals surface area contributed by atoms with Gasteiger partial charge in [-0.25, -0.2) is 0 Å². The minimum absolute atomic E-state index is 0.0306. The van der Waals surface area contributed by atoms with E-state index in [0.29, 0.717) is 11.8 Å². The summed E-state index contributed by atoms with van der Waals surface area (Å²) < 4.78 is 46.0. The Bertz CT molecular complexity index is 970. The van der Waals surface area contributed by atoms with E-state index < -0.39 is 11.7 Å². The first-order chi connectivity index (χ1) is 14.5. The molecule has 0 radical (unpaired) electrons. The predicted molar refractivity (Wildman–Crippen MR) is 115 cm³/mol. The number of oxime groups is 1. The highest BCUT2D eigenvalue weighted by Gasteiger charge is 2.35. The molecule has 2 aromatic rings. The topological polar surface area (TPSA) is 70.9 Å². The van der Waals surface area contributed by atoms with Gasteiger partial charge in [0.05, 0.1) is 18.1 Å². The highest BCUT2D eigenvalue weighted by Crippen LogP contribution is 2.36. The number of carbonyl (C=O) groups is 1. The average molecular weight is 475 g/mol. The normalized spacial score (nSPS) is 13.8. The maximum absolute atomic E-state index is 13.7. The first-order valence-corrected chi connectivity index (χ1v) is 9.69. The average Bonchev–Trinajstić information content (AvgIpc) is 2.67. The van der Waals surface area contributed by atoms with E-state index in [1.54, 1.807) is 6.92 Å². The molecule has 0 spiro atoms. The molecule has 2 rings (SSSR count). The van der Waals surface area contributed by atoms with Crippen molar-refractivity contribution < 1.29 is 27.9 Å². The number of carbonyl (C=O) groups excluding carboxylic acids is 1. The van der Waals surface area contributed by atoms with E-state index >= 15 is 0 Å². The van der Waals surface area contributed by atoms with Crippen LogP contribution in [0.25, 0.3) is 5.57 Å². The molecule has 0 aromatic heterocycles. The molecular weight excluding hydrogens is 456 g/mol. The molecule has 1 amide bonds. The lowest BCUT2D eigenvalue weighted by Gasteiger charge is -2.14. The predicted octanol–water partition coefficient (Wildman–Crippen LogP) is 6.18. The van der Waals surface area contributed by atoms with Gasteiger partial charge in [-0.3, -0.25) is 4.79 Å². The Balaban J connectivity index is 2.33. The summed E-state index contributed by atoms with van der Waals surface area (Å²) in [5.41, 5.74) is -1.08. The number of anilines is 1. The molecule has 0 aliphatic carbocycles. The monoisotopic (exact) mass is 474 g/mol. The van der Waals surface area contributed by atoms with Crippen molar-refractivity contribution in [3.8, 4) is 0 Å². The number of nitrogens with zero attached hydrogens (tertiary/aromatic N) is 1. The van der Waals surface area contributed by atoms with Crippen LogP contribution in [0.3, 0.4) is 0 Å². The van der Waals surface area contributed by atoms with Crippen LogP contribution in [0.2, 0.25) is 10.0 Å². The highest BCUT2D eigenvalue weighted by molar-refractivity contribution is 6.35. The van der Waals surface area contributed by atoms with Crippen molar-refractivity contribution in [3.05, 3.63) is 69.7 Å². The fourth-order valence-corrected chi connectivity index (χ4v) is 3.15. The first kappa shape index (κ1) is 24.7. The van der Waals surface area contributed by atoms with Gasteiger partial charge in [0.1, 0.15) is 5.71 Å². The van der Waals surface area contributed by atoms with Gasteiger partial charge in [0.25, 0.3) is 0 Å². The van der Waals surface area contributed by atoms with Crippen LogP contribution >= 0.6 is 23.2 Å². The zero-order chi connectivity index (χ0) is 23.2. The maximum Gasteiger partial charge on any atom is 0.417 e. The van der Waals surface area contributed by atoms with Crippen molar-refractivity contribution in [1.29, 1.82) is 0 Å². The third-order valence-corrected chi connectivity index (χ3v) is 4.64. The van der Waals surface area contributed by atoms with E-state index in [1.165, 1.54) is 37.4 Å². The van der Waals surface area contributed by atoms with Crippen LogP contribution in [0.1, 0.15) is 24.5 Å². The van der Waals surface area contributed by atoms with Gasteiger partial charge in [-0.2, -0.15) is 13.2 Å². The number of ether oxygens (including phenoxy) is 1. The van der Waals surface area contributed by atoms with Crippen molar-refractivity contribution >= 4 is 46.1 Å². The van der Waals surface area contributed by atoms with Crippen molar-refractivity contribution in [2.45, 2.75) is 25.6 Å². The minimum atomic E-state index is -4.77. The van der Waals surface area contributed by atoms with Gasteiger partial charge in [-0.1, -0.05) is 40.5 Å². The smallest absolute Gasteiger partial charge is 0.410 e. The summed E-state index contributed by atoms with van der Waals surface area (Å²) in [5.74, 6) is -0.282. The van der Waals surface area contributed by atoms with Crippen LogP contribution in [0.4, 0.5) is 18.9 Å². The maximum atomic E-state index is 13.7. The van der Waals surface area contributed by atoms with Crippen LogP contribution in [-0.2, 0) is 9.53 Å². The van der Waals surface area contributed by atoms with Crippen LogP contribution in [-0.4, -0.2) is 36.2 Å². The molecule has 0 bridgehead atoms. The molecule has 1 atom stereocenters. The fraction of sp³-hybridized carbons (Fsp3) is 0.238. The number of hydrogen-bond donors (Lipinski definition) is 2. The van der Waals surface area contributed by atoms with E-state index in [-0.39, 0.29) is 45.3 Å². The molecule has 2 aromatic carbocycles. The molecule has 0 heterocycles. The van der Waals surface area contributed by atoms with E-state index in [0.717, 1.165) is 12.1 Å². The Morgan fingerprint density at radius 3 is 2.23 bits per heavy atom. The van der Waals surface area contributed by atoms with Crippen molar-refractivity contribution in [2.24, 2.45) is 5.16 Å². The molecule has 0 saturated carbocycles. The number of hydrogen-bond acceptors (Lipinski definition) is 4. The van der Waals surface area contributed by atoms with Crippen LogP contribution in [0.5, 0.6) is 0 Å². The van der Waals surface area contributed by atoms with Gasteiger partial charge in [0, 0.05) is 28.4 Å². The van der Waals surface area contributed by atoms with Crippen LogP contribution in [0.15, 0.2) is 53.7 Å². The Morgan fingerprint density at radius 2 is 1.74 bits per heavy atom. The van der Waals surface area contributed by atoms with E-state index in [1.807, 2.05) is 0 Å². The number of halogens is 5. The fourth-order valence-electron chi connectivity index (χ4n) is 2.63.